The topological polar surface area (TPSA) is 52.7 Å². The predicted octanol–water partition coefficient (Wildman–Crippen LogP) is 3.90. The molecule has 3 rings (SSSR count). The van der Waals surface area contributed by atoms with Crippen LogP contribution in [0.15, 0.2) is 48.5 Å². The Hall–Kier alpha value is -2.53. The van der Waals surface area contributed by atoms with Crippen molar-refractivity contribution < 1.29 is 9.59 Å². The van der Waals surface area contributed by atoms with Crippen molar-refractivity contribution in [1.29, 1.82) is 0 Å². The lowest BCUT2D eigenvalue weighted by molar-refractivity contribution is -0.118. The van der Waals surface area contributed by atoms with Gasteiger partial charge >= 0.3 is 0 Å². The maximum atomic E-state index is 12.7. The highest BCUT2D eigenvalue weighted by Gasteiger charge is 2.22. The quantitative estimate of drug-likeness (QED) is 0.868. The van der Waals surface area contributed by atoms with Gasteiger partial charge in [0.15, 0.2) is 0 Å². The smallest absolute Gasteiger partial charge is 0.253 e. The van der Waals surface area contributed by atoms with Gasteiger partial charge in [0.2, 0.25) is 5.91 Å². The van der Waals surface area contributed by atoms with Gasteiger partial charge in [-0.2, -0.15) is 0 Å². The molecule has 0 atom stereocenters. The van der Waals surface area contributed by atoms with E-state index < -0.39 is 0 Å². The molecule has 1 aliphatic rings. The van der Waals surface area contributed by atoms with E-state index >= 15 is 0 Å². The molecule has 1 saturated heterocycles. The highest BCUT2D eigenvalue weighted by atomic mass is 35.5. The zero-order chi connectivity index (χ0) is 19.4. The first-order chi connectivity index (χ1) is 12.9. The van der Waals surface area contributed by atoms with E-state index in [2.05, 4.69) is 10.2 Å². The summed E-state index contributed by atoms with van der Waals surface area (Å²) in [4.78, 5) is 28.6. The fourth-order valence-corrected chi connectivity index (χ4v) is 3.11. The molecule has 27 heavy (non-hydrogen) atoms. The molecule has 0 saturated carbocycles. The maximum Gasteiger partial charge on any atom is 0.253 e. The van der Waals surface area contributed by atoms with Crippen LogP contribution >= 0.6 is 11.6 Å². The molecule has 2 aromatic carbocycles. The summed E-state index contributed by atoms with van der Waals surface area (Å²) in [5, 5.41) is 3.56. The molecular weight excluding hydrogens is 362 g/mol. The summed E-state index contributed by atoms with van der Waals surface area (Å²) < 4.78 is 0. The fourth-order valence-electron chi connectivity index (χ4n) is 2.98. The number of rotatable bonds is 4. The number of amides is 2. The number of hydrogen-bond acceptors (Lipinski definition) is 3. The minimum absolute atomic E-state index is 0.0208. The summed E-state index contributed by atoms with van der Waals surface area (Å²) in [6.07, 6.45) is 0. The zero-order valence-electron chi connectivity index (χ0n) is 15.6. The van der Waals surface area contributed by atoms with Gasteiger partial charge in [0, 0.05) is 54.1 Å². The minimum Gasteiger partial charge on any atom is -0.368 e. The predicted molar refractivity (Wildman–Crippen MR) is 109 cm³/mol. The summed E-state index contributed by atoms with van der Waals surface area (Å²) >= 11 is 5.94. The first kappa shape index (κ1) is 19.2. The van der Waals surface area contributed by atoms with Crippen molar-refractivity contribution in [3.8, 4) is 0 Å². The van der Waals surface area contributed by atoms with Crippen LogP contribution < -0.4 is 10.2 Å². The molecular formula is C21H24ClN3O2. The van der Waals surface area contributed by atoms with Crippen LogP contribution in [0.3, 0.4) is 0 Å². The van der Waals surface area contributed by atoms with Crippen LogP contribution in [-0.4, -0.2) is 42.9 Å². The average Bonchev–Trinajstić information content (AvgIpc) is 2.69. The molecule has 0 bridgehead atoms. The van der Waals surface area contributed by atoms with Crippen molar-refractivity contribution in [2.24, 2.45) is 5.92 Å². The standard InChI is InChI=1S/C21H24ClN3O2/c1-15(2)20(26)23-18-7-3-16(4-8-18)21(27)25-13-11-24(12-14-25)19-9-5-17(22)6-10-19/h3-10,15H,11-14H2,1-2H3,(H,23,26). The highest BCUT2D eigenvalue weighted by molar-refractivity contribution is 6.30. The van der Waals surface area contributed by atoms with Crippen LogP contribution in [0.25, 0.3) is 0 Å². The number of carbonyl (C=O) groups excluding carboxylic acids is 2. The van der Waals surface area contributed by atoms with Crippen LogP contribution in [0.2, 0.25) is 5.02 Å². The van der Waals surface area contributed by atoms with Crippen molar-refractivity contribution >= 4 is 34.8 Å². The second-order valence-electron chi connectivity index (χ2n) is 6.98. The molecule has 1 heterocycles. The third-order valence-electron chi connectivity index (χ3n) is 4.68. The summed E-state index contributed by atoms with van der Waals surface area (Å²) in [6, 6.07) is 14.9. The Balaban J connectivity index is 1.57. The summed E-state index contributed by atoms with van der Waals surface area (Å²) in [5.74, 6) is -0.0943. The molecule has 1 aliphatic heterocycles. The van der Waals surface area contributed by atoms with Gasteiger partial charge in [0.1, 0.15) is 0 Å². The number of benzene rings is 2. The molecule has 2 amide bonds. The lowest BCUT2D eigenvalue weighted by Crippen LogP contribution is -2.48. The van der Waals surface area contributed by atoms with E-state index in [0.717, 1.165) is 23.8 Å². The van der Waals surface area contributed by atoms with E-state index in [9.17, 15) is 9.59 Å². The SMILES string of the molecule is CC(C)C(=O)Nc1ccc(C(=O)N2CCN(c3ccc(Cl)cc3)CC2)cc1. The van der Waals surface area contributed by atoms with Crippen molar-refractivity contribution in [1.82, 2.24) is 4.90 Å². The summed E-state index contributed by atoms with van der Waals surface area (Å²) in [6.45, 7) is 6.61. The van der Waals surface area contributed by atoms with Crippen LogP contribution in [0.1, 0.15) is 24.2 Å². The Morgan fingerprint density at radius 1 is 0.926 bits per heavy atom. The normalized spacial score (nSPS) is 14.4. The zero-order valence-corrected chi connectivity index (χ0v) is 16.4. The lowest BCUT2D eigenvalue weighted by atomic mass is 10.1. The largest absolute Gasteiger partial charge is 0.368 e. The van der Waals surface area contributed by atoms with Crippen LogP contribution in [0.5, 0.6) is 0 Å². The highest BCUT2D eigenvalue weighted by Crippen LogP contribution is 2.20. The molecule has 2 aromatic rings. The van der Waals surface area contributed by atoms with Crippen molar-refractivity contribution in [2.75, 3.05) is 36.4 Å². The van der Waals surface area contributed by atoms with E-state index in [1.54, 1.807) is 24.3 Å². The Kier molecular flexibility index (Phi) is 6.01. The van der Waals surface area contributed by atoms with Crippen molar-refractivity contribution in [3.63, 3.8) is 0 Å². The number of carbonyl (C=O) groups is 2. The molecule has 5 nitrogen and oxygen atoms in total. The van der Waals surface area contributed by atoms with Crippen LogP contribution in [0, 0.1) is 5.92 Å². The Bertz CT molecular complexity index is 795. The average molecular weight is 386 g/mol. The van der Waals surface area contributed by atoms with E-state index in [-0.39, 0.29) is 17.7 Å². The molecule has 1 N–H and O–H groups in total. The number of halogens is 1. The third-order valence-corrected chi connectivity index (χ3v) is 4.93. The number of piperazine rings is 1. The first-order valence-electron chi connectivity index (χ1n) is 9.15. The van der Waals surface area contributed by atoms with Gasteiger partial charge in [-0.05, 0) is 48.5 Å². The van der Waals surface area contributed by atoms with Crippen molar-refractivity contribution in [3.05, 3.63) is 59.1 Å². The minimum atomic E-state index is -0.0803. The lowest BCUT2D eigenvalue weighted by Gasteiger charge is -2.36. The van der Waals surface area contributed by atoms with Gasteiger partial charge in [0.05, 0.1) is 0 Å². The molecule has 0 spiro atoms. The van der Waals surface area contributed by atoms with Crippen LogP contribution in [0.4, 0.5) is 11.4 Å². The van der Waals surface area contributed by atoms with E-state index in [4.69, 9.17) is 11.6 Å². The molecule has 142 valence electrons. The second kappa shape index (κ2) is 8.44. The monoisotopic (exact) mass is 385 g/mol. The molecule has 0 aromatic heterocycles. The van der Waals surface area contributed by atoms with Gasteiger partial charge in [-0.3, -0.25) is 9.59 Å². The first-order valence-corrected chi connectivity index (χ1v) is 9.52. The fraction of sp³-hybridized carbons (Fsp3) is 0.333. The van der Waals surface area contributed by atoms with Crippen LogP contribution in [-0.2, 0) is 4.79 Å². The Labute approximate surface area is 164 Å². The van der Waals surface area contributed by atoms with E-state index in [1.807, 2.05) is 43.0 Å². The number of nitrogens with zero attached hydrogens (tertiary/aromatic N) is 2. The van der Waals surface area contributed by atoms with E-state index in [0.29, 0.717) is 24.3 Å². The van der Waals surface area contributed by atoms with Crippen molar-refractivity contribution in [2.45, 2.75) is 13.8 Å². The van der Waals surface area contributed by atoms with Gasteiger partial charge in [-0.25, -0.2) is 0 Å². The van der Waals surface area contributed by atoms with E-state index in [1.165, 1.54) is 0 Å². The molecule has 6 heteroatoms. The number of nitrogens with one attached hydrogen (secondary N) is 1. The summed E-state index contributed by atoms with van der Waals surface area (Å²) in [5.41, 5.74) is 2.46. The molecule has 0 unspecified atom stereocenters. The maximum absolute atomic E-state index is 12.7. The molecule has 0 radical (unpaired) electrons. The number of anilines is 2. The number of hydrogen-bond donors (Lipinski definition) is 1. The Morgan fingerprint density at radius 3 is 2.07 bits per heavy atom. The van der Waals surface area contributed by atoms with Gasteiger partial charge in [-0.15, -0.1) is 0 Å². The second-order valence-corrected chi connectivity index (χ2v) is 7.41. The molecule has 1 fully saturated rings. The van der Waals surface area contributed by atoms with Gasteiger partial charge < -0.3 is 15.1 Å². The van der Waals surface area contributed by atoms with Gasteiger partial charge in [-0.1, -0.05) is 25.4 Å². The Morgan fingerprint density at radius 2 is 1.52 bits per heavy atom. The van der Waals surface area contributed by atoms with Gasteiger partial charge in [0.25, 0.3) is 5.91 Å². The third kappa shape index (κ3) is 4.80. The summed E-state index contributed by atoms with van der Waals surface area (Å²) in [7, 11) is 0. The molecule has 0 aliphatic carbocycles.